The Hall–Kier alpha value is -5.86. The van der Waals surface area contributed by atoms with Crippen molar-refractivity contribution in [2.45, 2.75) is 163 Å². The number of methoxy groups -OCH3 is 1. The summed E-state index contributed by atoms with van der Waals surface area (Å²) in [5.74, 6) is 5.51. The quantitative estimate of drug-likeness (QED) is 0.0562. The Morgan fingerprint density at radius 3 is 1.21 bits per heavy atom. The Morgan fingerprint density at radius 1 is 0.473 bits per heavy atom. The molecule has 9 aliphatic heterocycles. The number of nitrogens with one attached hydrogen (secondary N) is 4. The monoisotopic (exact) mass is 1670 g/mol. The summed E-state index contributed by atoms with van der Waals surface area (Å²) in [6.45, 7) is 33.5. The second-order valence-corrected chi connectivity index (χ2v) is 54.2. The van der Waals surface area contributed by atoms with E-state index in [1.54, 1.807) is 36.2 Å². The molecule has 10 heterocycles. The molecule has 1 aromatic rings. The molecule has 5 fully saturated rings. The normalized spacial score (nSPS) is 31.5. The van der Waals surface area contributed by atoms with Crippen molar-refractivity contribution in [1.29, 1.82) is 0 Å². The number of ether oxygens (including phenoxy) is 6. The lowest BCUT2D eigenvalue weighted by Gasteiger charge is -2.34. The second kappa shape index (κ2) is 39.9. The molecular formula is C76H123N10O21P5. The van der Waals surface area contributed by atoms with Crippen molar-refractivity contribution in [2.75, 3.05) is 111 Å². The fourth-order valence-electron chi connectivity index (χ4n) is 13.0. The number of amides is 4. The van der Waals surface area contributed by atoms with Crippen LogP contribution in [0.5, 0.6) is 0 Å². The minimum absolute atomic E-state index is 0.0577. The van der Waals surface area contributed by atoms with Crippen LogP contribution in [0.3, 0.4) is 0 Å². The molecule has 0 unspecified atom stereocenters. The number of hydrogen-bond acceptors (Lipinski definition) is 25. The predicted octanol–water partition coefficient (Wildman–Crippen LogP) is 0.747. The van der Waals surface area contributed by atoms with Gasteiger partial charge in [0.15, 0.2) is 24.9 Å². The van der Waals surface area contributed by atoms with Crippen LogP contribution in [0, 0.1) is 17.8 Å². The first-order chi connectivity index (χ1) is 51.8. The molecule has 0 spiro atoms. The highest BCUT2D eigenvalue weighted by Gasteiger charge is 2.51. The standard InChI is InChI=1S/C17H25N2O4P.C15H25N2O5P.C15H25N2O4P.C15H25N2O3P.C14H23N2O5P/c1-6-7-12-10-19(11(2)18-16(12)22)17-15(21)14(20)13(23-17)8-9-24(3,4)5;1-9-16-14(21)10(8-18)7-17(9)15-13(20)12(19)11(22-15)5-6-23(2,3)4;1-10-16-12(18)6-8-17(10)15-14(20-2)13(19)11(21-15)7-9-22(3,4)5;1-10-14(19)12(7-9-21(3,4)5)20-15(10)17-8-6-13(18)16-11(17)2;1-15-10(17)5-7-16(14(15)20)13-12(19)11(18)9(21-13)6-8-22(2,3)4/h10,13-15,17,20-21H,2-3,8-9H2,1,4-5H3,(H,18,22);7,11-13,15,18-20H,1-2,5-6,8H2,3-4H3,(H,16,21);6,8,11,13-15,19H,1,3,7,9H2,2,4-5H3,(H,16,18);6,8,10,12,14-15,19H,2-3,7,9H2,1,4-5H3,(H,16,18);5,7,9,11-13,18-19H,2,6,8H2,1,3-4H3/t13-,14-,15-,17-;11-,12-,13-,15-;11-,13-,14-,15-;10-,12-,14+,15-;9-,11-,12-,13-/m11111/s1. The molecule has 1 aromatic heterocycles. The zero-order valence-corrected chi connectivity index (χ0v) is 71.6. The molecule has 31 nitrogen and oxygen atoms in total. The van der Waals surface area contributed by atoms with Crippen LogP contribution in [0.4, 0.5) is 0 Å². The summed E-state index contributed by atoms with van der Waals surface area (Å²) in [7, 11) is 2.89. The zero-order valence-electron chi connectivity index (χ0n) is 67.2. The number of carbonyl (C=O) groups is 4. The van der Waals surface area contributed by atoms with E-state index in [0.717, 1.165) is 52.8 Å². The average Bonchev–Trinajstić information content (AvgIpc) is 1.63. The summed E-state index contributed by atoms with van der Waals surface area (Å²) in [4.78, 5) is 76.0. The number of rotatable bonds is 22. The topological polar surface area (TPSA) is 411 Å². The summed E-state index contributed by atoms with van der Waals surface area (Å²) in [6, 6.07) is 1.22. The Morgan fingerprint density at radius 2 is 0.821 bits per heavy atom. The van der Waals surface area contributed by atoms with Crippen LogP contribution in [0.15, 0.2) is 120 Å². The molecule has 36 heteroatoms. The predicted molar refractivity (Wildman–Crippen MR) is 451 cm³/mol. The first-order valence-corrected chi connectivity index (χ1v) is 51.9. The van der Waals surface area contributed by atoms with Crippen LogP contribution in [0.2, 0.25) is 0 Å². The van der Waals surface area contributed by atoms with E-state index in [0.29, 0.717) is 30.9 Å². The summed E-state index contributed by atoms with van der Waals surface area (Å²) >= 11 is 0. The van der Waals surface area contributed by atoms with Crippen LogP contribution < -0.4 is 32.5 Å². The summed E-state index contributed by atoms with van der Waals surface area (Å²) in [6.07, 6.45) is 25.0. The van der Waals surface area contributed by atoms with Gasteiger partial charge in [-0.05, 0) is 136 Å². The molecule has 13 N–H and O–H groups in total. The molecule has 0 aliphatic carbocycles. The van der Waals surface area contributed by atoms with E-state index in [1.807, 2.05) is 6.92 Å². The van der Waals surface area contributed by atoms with Gasteiger partial charge < -0.3 is 115 Å². The largest absolute Gasteiger partial charge is 0.391 e. The molecule has 0 bridgehead atoms. The Kier molecular flexibility index (Phi) is 33.8. The van der Waals surface area contributed by atoms with Crippen molar-refractivity contribution in [1.82, 2.24) is 50.0 Å². The number of carbonyl (C=O) groups excluding carboxylic acids is 4. The minimum Gasteiger partial charge on any atom is -0.391 e. The van der Waals surface area contributed by atoms with E-state index in [9.17, 15) is 74.7 Å². The van der Waals surface area contributed by atoms with Crippen molar-refractivity contribution in [2.24, 2.45) is 13.0 Å². The van der Waals surface area contributed by atoms with Gasteiger partial charge in [0.1, 0.15) is 83.9 Å². The van der Waals surface area contributed by atoms with Crippen LogP contribution in [-0.2, 0) is 54.6 Å². The lowest BCUT2D eigenvalue weighted by atomic mass is 10.00. The number of nitrogens with zero attached hydrogens (tertiary/aromatic N) is 6. The van der Waals surface area contributed by atoms with Crippen LogP contribution >= 0.6 is 34.4 Å². The molecule has 628 valence electrons. The summed E-state index contributed by atoms with van der Waals surface area (Å²) in [5, 5.41) is 102. The van der Waals surface area contributed by atoms with Crippen molar-refractivity contribution in [3.8, 4) is 11.8 Å². The van der Waals surface area contributed by atoms with Gasteiger partial charge in [-0.3, -0.25) is 33.1 Å². The maximum Gasteiger partial charge on any atom is 0.332 e. The smallest absolute Gasteiger partial charge is 0.332 e. The van der Waals surface area contributed by atoms with Gasteiger partial charge in [-0.25, -0.2) is 4.79 Å². The highest BCUT2D eigenvalue weighted by molar-refractivity contribution is 7.73. The molecule has 0 aromatic carbocycles. The molecule has 20 atom stereocenters. The SMILES string of the molecule is C=C1NC(=O)C(C#CC)=CN1[C@@H]1O[C@H](CCP(=C)(C)C)[C@@H](O)[C@H]1O.C=C1NC(=O)C(CO)=CN1[C@@H]1O[C@H](CCP(=C)(C)C)[C@@H](O)[C@H]1O.C=C1NC(=O)C=CN1[C@@H]1O[C@H](CCP(=C)(C)C)[C@@H](O)[C@H]1C.C=C1NC(=O)C=CN1[C@@H]1O[C@H](CCP(=C)(C)C)[C@@H](O)[C@H]1OC.C=P(C)(C)CC[C@H]1O[C@@H](n2ccc(=O)n(C)c2=O)[C@H](O)[C@@H]1O. The van der Waals surface area contributed by atoms with Crippen LogP contribution in [0.25, 0.3) is 0 Å². The van der Waals surface area contributed by atoms with Crippen molar-refractivity contribution in [3.63, 3.8) is 0 Å². The lowest BCUT2D eigenvalue weighted by Crippen LogP contribution is -2.48. The van der Waals surface area contributed by atoms with E-state index in [4.69, 9.17) is 28.4 Å². The van der Waals surface area contributed by atoms with E-state index >= 15 is 0 Å². The van der Waals surface area contributed by atoms with Gasteiger partial charge in [0.05, 0.1) is 48.8 Å². The molecule has 10 rings (SSSR count). The maximum atomic E-state index is 12.1. The Bertz CT molecular complexity index is 4190. The van der Waals surface area contributed by atoms with Gasteiger partial charge in [0, 0.05) is 69.3 Å². The van der Waals surface area contributed by atoms with Crippen LogP contribution in [0.1, 0.15) is 52.2 Å². The fourth-order valence-corrected chi connectivity index (χ4v) is 17.8. The highest BCUT2D eigenvalue weighted by atomic mass is 31.2. The molecule has 0 radical (unpaired) electrons. The molecule has 0 saturated carbocycles. The van der Waals surface area contributed by atoms with Gasteiger partial charge >= 0.3 is 5.69 Å². The molecule has 9 aliphatic rings. The number of aromatic nitrogens is 2. The minimum atomic E-state index is -1.27. The molecule has 4 amide bonds. The van der Waals surface area contributed by atoms with Gasteiger partial charge in [-0.1, -0.05) is 39.2 Å². The summed E-state index contributed by atoms with van der Waals surface area (Å²) < 4.78 is 36.9. The Balaban J connectivity index is 0.000000218. The van der Waals surface area contributed by atoms with Crippen molar-refractivity contribution < 1.29 is 93.6 Å². The maximum absolute atomic E-state index is 12.1. The first-order valence-electron chi connectivity index (χ1n) is 36.7. The third-order valence-corrected chi connectivity index (χ3v) is 26.9. The van der Waals surface area contributed by atoms with Gasteiger partial charge in [-0.2, -0.15) is 0 Å². The highest BCUT2D eigenvalue weighted by Crippen LogP contribution is 2.44. The van der Waals surface area contributed by atoms with Crippen molar-refractivity contribution >= 4 is 89.6 Å². The van der Waals surface area contributed by atoms with Crippen LogP contribution in [-0.4, -0.2) is 351 Å². The van der Waals surface area contributed by atoms with E-state index in [-0.39, 0.29) is 64.9 Å². The van der Waals surface area contributed by atoms with E-state index in [1.165, 1.54) is 53.7 Å². The number of aliphatic hydroxyl groups is 9. The van der Waals surface area contributed by atoms with Gasteiger partial charge in [-0.15, -0.1) is 71.8 Å². The van der Waals surface area contributed by atoms with Gasteiger partial charge in [0.25, 0.3) is 29.2 Å². The zero-order chi connectivity index (χ0) is 84.4. The number of hydrogen-bond donors (Lipinski definition) is 13. The second-order valence-electron chi connectivity index (χ2n) is 32.6. The summed E-state index contributed by atoms with van der Waals surface area (Å²) in [5.41, 5.74) is -0.636. The number of aliphatic hydroxyl groups excluding tert-OH is 9. The molecule has 5 saturated heterocycles. The molecule has 112 heavy (non-hydrogen) atoms. The average molecular weight is 1670 g/mol. The third-order valence-electron chi connectivity index (χ3n) is 19.6. The lowest BCUT2D eigenvalue weighted by molar-refractivity contribution is -0.120. The molecular weight excluding hydrogens is 1540 g/mol. The first kappa shape index (κ1) is 95.0. The van der Waals surface area contributed by atoms with Gasteiger partial charge in [0.2, 0.25) is 0 Å². The Labute approximate surface area is 659 Å². The van der Waals surface area contributed by atoms with Crippen molar-refractivity contribution in [3.05, 3.63) is 131 Å². The fraction of sp³-hybridized carbons (Fsp3) is 0.592. The third kappa shape index (κ3) is 26.1. The van der Waals surface area contributed by atoms with E-state index in [2.05, 4.69) is 158 Å². The van der Waals surface area contributed by atoms with E-state index < -0.39 is 156 Å².